The van der Waals surface area contributed by atoms with E-state index in [1.165, 1.54) is 0 Å². The zero-order chi connectivity index (χ0) is 12.2. The van der Waals surface area contributed by atoms with Crippen molar-refractivity contribution in [2.45, 2.75) is 51.4 Å². The lowest BCUT2D eigenvalue weighted by molar-refractivity contribution is 0.0282. The topological polar surface area (TPSA) is 42.1 Å². The van der Waals surface area contributed by atoms with Crippen LogP contribution < -0.4 is 0 Å². The largest absolute Gasteiger partial charge is 0.444 e. The summed E-state index contributed by atoms with van der Waals surface area (Å²) in [6, 6.07) is 0. The molecule has 4 heteroatoms. The zero-order valence-electron chi connectivity index (χ0n) is 10.8. The number of rotatable bonds is 0. The number of carbonyl (C=O) groups excluding carboxylic acids is 1. The molecule has 3 fully saturated rings. The van der Waals surface area contributed by atoms with Gasteiger partial charge in [-0.05, 0) is 45.4 Å². The molecular weight excluding hydrogens is 218 g/mol. The maximum Gasteiger partial charge on any atom is 0.410 e. The molecule has 0 aromatic carbocycles. The Kier molecular flexibility index (Phi) is 2.41. The summed E-state index contributed by atoms with van der Waals surface area (Å²) in [5, 5.41) is 0. The highest BCUT2D eigenvalue weighted by atomic mass is 16.6. The fraction of sp³-hybridized carbons (Fsp3) is 0.923. The van der Waals surface area contributed by atoms with Crippen LogP contribution in [0.4, 0.5) is 4.79 Å². The number of hydrogen-bond acceptors (Lipinski definition) is 3. The number of nitrogens with zero attached hydrogens (tertiary/aromatic N) is 1. The van der Waals surface area contributed by atoms with E-state index in [0.717, 1.165) is 25.9 Å². The summed E-state index contributed by atoms with van der Waals surface area (Å²) in [5.41, 5.74) is -0.393. The van der Waals surface area contributed by atoms with E-state index in [9.17, 15) is 4.79 Å². The third kappa shape index (κ3) is 2.28. The first kappa shape index (κ1) is 11.3. The fourth-order valence-corrected chi connectivity index (χ4v) is 3.14. The number of amides is 1. The van der Waals surface area contributed by atoms with Crippen LogP contribution in [0.15, 0.2) is 0 Å². The maximum atomic E-state index is 12.0. The van der Waals surface area contributed by atoms with Gasteiger partial charge in [0, 0.05) is 13.1 Å². The molecule has 2 saturated heterocycles. The van der Waals surface area contributed by atoms with E-state index >= 15 is 0 Å². The van der Waals surface area contributed by atoms with Crippen molar-refractivity contribution in [2.24, 2.45) is 11.8 Å². The van der Waals surface area contributed by atoms with Gasteiger partial charge in [-0.2, -0.15) is 0 Å². The maximum absolute atomic E-state index is 12.0. The summed E-state index contributed by atoms with van der Waals surface area (Å²) < 4.78 is 11.0. The Labute approximate surface area is 102 Å². The van der Waals surface area contributed by atoms with E-state index in [4.69, 9.17) is 9.47 Å². The molecule has 17 heavy (non-hydrogen) atoms. The molecule has 2 unspecified atom stereocenters. The van der Waals surface area contributed by atoms with Crippen molar-refractivity contribution in [2.75, 3.05) is 13.1 Å². The van der Waals surface area contributed by atoms with Crippen LogP contribution in [0.3, 0.4) is 0 Å². The molecule has 1 amide bonds. The lowest BCUT2D eigenvalue weighted by Gasteiger charge is -2.24. The predicted octanol–water partition coefficient (Wildman–Crippen LogP) is 2.03. The van der Waals surface area contributed by atoms with Gasteiger partial charge in [0.15, 0.2) is 0 Å². The standard InChI is InChI=1S/C13H21NO3/c1-13(2,3)17-12(15)14-6-8-4-10-11(16-10)5-9(8)7-14/h8-11H,4-7H2,1-3H3/t8-,9+,10?,11?. The molecule has 4 nitrogen and oxygen atoms in total. The van der Waals surface area contributed by atoms with Crippen LogP contribution in [0.25, 0.3) is 0 Å². The molecule has 0 aromatic rings. The van der Waals surface area contributed by atoms with Crippen LogP contribution in [0.5, 0.6) is 0 Å². The number of carbonyl (C=O) groups is 1. The molecule has 1 saturated carbocycles. The first-order valence-corrected chi connectivity index (χ1v) is 6.56. The molecule has 0 bridgehead atoms. The molecule has 3 rings (SSSR count). The van der Waals surface area contributed by atoms with Gasteiger partial charge < -0.3 is 14.4 Å². The number of ether oxygens (including phenoxy) is 2. The van der Waals surface area contributed by atoms with Gasteiger partial charge in [-0.3, -0.25) is 0 Å². The second-order valence-electron chi connectivity index (χ2n) is 6.59. The van der Waals surface area contributed by atoms with Crippen LogP contribution in [-0.2, 0) is 9.47 Å². The smallest absolute Gasteiger partial charge is 0.410 e. The van der Waals surface area contributed by atoms with Gasteiger partial charge >= 0.3 is 6.09 Å². The van der Waals surface area contributed by atoms with Crippen LogP contribution in [0.1, 0.15) is 33.6 Å². The third-order valence-corrected chi connectivity index (χ3v) is 3.99. The van der Waals surface area contributed by atoms with Crippen molar-refractivity contribution < 1.29 is 14.3 Å². The lowest BCUT2D eigenvalue weighted by Crippen LogP contribution is -2.35. The second-order valence-corrected chi connectivity index (χ2v) is 6.59. The minimum atomic E-state index is -0.393. The van der Waals surface area contributed by atoms with Crippen molar-refractivity contribution in [1.82, 2.24) is 4.90 Å². The van der Waals surface area contributed by atoms with Crippen LogP contribution in [0.2, 0.25) is 0 Å². The summed E-state index contributed by atoms with van der Waals surface area (Å²) in [7, 11) is 0. The number of likely N-dealkylation sites (tertiary alicyclic amines) is 1. The number of epoxide rings is 1. The second kappa shape index (κ2) is 3.61. The Balaban J connectivity index is 1.58. The van der Waals surface area contributed by atoms with E-state index < -0.39 is 5.60 Å². The molecule has 0 N–H and O–H groups in total. The van der Waals surface area contributed by atoms with Crippen molar-refractivity contribution in [3.63, 3.8) is 0 Å². The van der Waals surface area contributed by atoms with E-state index in [-0.39, 0.29) is 6.09 Å². The first-order chi connectivity index (χ1) is 7.92. The van der Waals surface area contributed by atoms with Crippen LogP contribution in [0, 0.1) is 11.8 Å². The average molecular weight is 239 g/mol. The Morgan fingerprint density at radius 3 is 2.18 bits per heavy atom. The molecule has 0 aromatic heterocycles. The summed E-state index contributed by atoms with van der Waals surface area (Å²) >= 11 is 0. The molecule has 4 atom stereocenters. The predicted molar refractivity (Wildman–Crippen MR) is 62.7 cm³/mol. The summed E-state index contributed by atoms with van der Waals surface area (Å²) in [4.78, 5) is 13.8. The monoisotopic (exact) mass is 239 g/mol. The quantitative estimate of drug-likeness (QED) is 0.607. The van der Waals surface area contributed by atoms with Crippen LogP contribution in [-0.4, -0.2) is 41.9 Å². The van der Waals surface area contributed by atoms with Crippen molar-refractivity contribution >= 4 is 6.09 Å². The molecule has 3 aliphatic rings. The van der Waals surface area contributed by atoms with Gasteiger partial charge in [0.1, 0.15) is 5.60 Å². The van der Waals surface area contributed by atoms with E-state index in [1.54, 1.807) is 0 Å². The number of hydrogen-bond donors (Lipinski definition) is 0. The Bertz CT molecular complexity index is 318. The minimum Gasteiger partial charge on any atom is -0.444 e. The molecule has 2 heterocycles. The van der Waals surface area contributed by atoms with Gasteiger partial charge in [-0.1, -0.05) is 0 Å². The summed E-state index contributed by atoms with van der Waals surface area (Å²) in [6.45, 7) is 7.45. The number of fused-ring (bicyclic) bond motifs is 2. The van der Waals surface area contributed by atoms with E-state index in [0.29, 0.717) is 24.0 Å². The van der Waals surface area contributed by atoms with Crippen molar-refractivity contribution in [3.05, 3.63) is 0 Å². The molecule has 2 aliphatic heterocycles. The first-order valence-electron chi connectivity index (χ1n) is 6.56. The molecule has 0 radical (unpaired) electrons. The highest BCUT2D eigenvalue weighted by Crippen LogP contribution is 2.46. The van der Waals surface area contributed by atoms with Gasteiger partial charge in [0.2, 0.25) is 0 Å². The Hall–Kier alpha value is -0.770. The van der Waals surface area contributed by atoms with Gasteiger partial charge in [0.25, 0.3) is 0 Å². The average Bonchev–Trinajstić information content (AvgIpc) is 2.79. The highest BCUT2D eigenvalue weighted by Gasteiger charge is 2.51. The zero-order valence-corrected chi connectivity index (χ0v) is 10.8. The molecule has 0 spiro atoms. The van der Waals surface area contributed by atoms with Gasteiger partial charge in [0.05, 0.1) is 12.2 Å². The van der Waals surface area contributed by atoms with Gasteiger partial charge in [-0.15, -0.1) is 0 Å². The fourth-order valence-electron chi connectivity index (χ4n) is 3.14. The molecule has 1 aliphatic carbocycles. The highest BCUT2D eigenvalue weighted by molar-refractivity contribution is 5.68. The van der Waals surface area contributed by atoms with E-state index in [1.807, 2.05) is 25.7 Å². The van der Waals surface area contributed by atoms with Crippen LogP contribution >= 0.6 is 0 Å². The normalized spacial score (nSPS) is 39.6. The summed E-state index contributed by atoms with van der Waals surface area (Å²) in [5.74, 6) is 1.26. The van der Waals surface area contributed by atoms with Crippen molar-refractivity contribution in [1.29, 1.82) is 0 Å². The lowest BCUT2D eigenvalue weighted by atomic mass is 9.82. The molecule has 96 valence electrons. The SMILES string of the molecule is CC(C)(C)OC(=O)N1C[C@H]2CC3OC3C[C@H]2C1. The molecular formula is C13H21NO3. The minimum absolute atomic E-state index is 0.151. The third-order valence-electron chi connectivity index (χ3n) is 3.99. The van der Waals surface area contributed by atoms with Gasteiger partial charge in [-0.25, -0.2) is 4.79 Å². The van der Waals surface area contributed by atoms with E-state index in [2.05, 4.69) is 0 Å². The summed E-state index contributed by atoms with van der Waals surface area (Å²) in [6.07, 6.45) is 3.11. The Morgan fingerprint density at radius 2 is 1.71 bits per heavy atom. The van der Waals surface area contributed by atoms with Crippen molar-refractivity contribution in [3.8, 4) is 0 Å². The Morgan fingerprint density at radius 1 is 1.18 bits per heavy atom.